The molecule has 0 saturated carbocycles. The van der Waals surface area contributed by atoms with Crippen molar-refractivity contribution in [2.45, 2.75) is 13.5 Å². The number of hydrogen-bond donors (Lipinski definition) is 1. The Hall–Kier alpha value is -3.05. The first-order chi connectivity index (χ1) is 15.8. The Balaban J connectivity index is 1.93. The zero-order valence-corrected chi connectivity index (χ0v) is 19.9. The second kappa shape index (κ2) is 9.84. The summed E-state index contributed by atoms with van der Waals surface area (Å²) in [6, 6.07) is 22.9. The van der Waals surface area contributed by atoms with Crippen molar-refractivity contribution in [2.75, 3.05) is 5.32 Å². The molecule has 1 amide bonds. The van der Waals surface area contributed by atoms with Gasteiger partial charge in [-0.25, -0.2) is 0 Å². The minimum absolute atomic E-state index is 0.0115. The summed E-state index contributed by atoms with van der Waals surface area (Å²) in [4.78, 5) is 26.6. The molecule has 4 aromatic rings. The molecule has 33 heavy (non-hydrogen) atoms. The second-order valence-electron chi connectivity index (χ2n) is 7.50. The van der Waals surface area contributed by atoms with Gasteiger partial charge in [-0.2, -0.15) is 0 Å². The van der Waals surface area contributed by atoms with Crippen molar-refractivity contribution in [3.05, 3.63) is 121 Å². The number of aromatic nitrogens is 1. The van der Waals surface area contributed by atoms with Crippen molar-refractivity contribution < 1.29 is 4.79 Å². The lowest BCUT2D eigenvalue weighted by Gasteiger charge is -2.21. The minimum Gasteiger partial charge on any atom is -0.340 e. The molecule has 0 radical (unpaired) electrons. The summed E-state index contributed by atoms with van der Waals surface area (Å²) in [5, 5.41) is 4.20. The summed E-state index contributed by atoms with van der Waals surface area (Å²) in [6.45, 7) is 2.24. The van der Waals surface area contributed by atoms with Crippen LogP contribution in [0.1, 0.15) is 21.6 Å². The van der Waals surface area contributed by atoms with Crippen LogP contribution in [0.4, 0.5) is 5.69 Å². The first-order valence-electron chi connectivity index (χ1n) is 10.1. The second-order valence-corrected chi connectivity index (χ2v) is 8.75. The highest BCUT2D eigenvalue weighted by Gasteiger charge is 2.24. The maximum atomic E-state index is 13.4. The molecule has 0 saturated heterocycles. The third kappa shape index (κ3) is 4.98. The maximum absolute atomic E-state index is 13.4. The van der Waals surface area contributed by atoms with Crippen LogP contribution in [0.25, 0.3) is 11.3 Å². The highest BCUT2D eigenvalue weighted by Crippen LogP contribution is 2.32. The maximum Gasteiger partial charge on any atom is 0.261 e. The summed E-state index contributed by atoms with van der Waals surface area (Å²) >= 11 is 18.8. The van der Waals surface area contributed by atoms with Gasteiger partial charge < -0.3 is 9.88 Å². The Labute approximate surface area is 206 Å². The number of nitrogens with one attached hydrogen (secondary N) is 1. The van der Waals surface area contributed by atoms with Crippen LogP contribution in [0.15, 0.2) is 83.7 Å². The Bertz CT molecular complexity index is 1400. The van der Waals surface area contributed by atoms with Crippen LogP contribution in [0.5, 0.6) is 0 Å². The van der Waals surface area contributed by atoms with Gasteiger partial charge in [-0.3, -0.25) is 9.59 Å². The van der Waals surface area contributed by atoms with Crippen LogP contribution < -0.4 is 10.7 Å². The molecule has 1 N–H and O–H groups in total. The molecular weight excluding hydrogens is 479 g/mol. The molecule has 3 aromatic carbocycles. The molecule has 0 atom stereocenters. The SMILES string of the molecule is Cc1cc(=O)c(C(=O)Nc2ccccc2Cl)c(-c2ccccc2Cl)n1Cc1ccc(Cl)cc1. The van der Waals surface area contributed by atoms with Crippen molar-refractivity contribution in [2.24, 2.45) is 0 Å². The van der Waals surface area contributed by atoms with E-state index in [0.29, 0.717) is 44.3 Å². The number of halogens is 3. The van der Waals surface area contributed by atoms with Gasteiger partial charge in [0.1, 0.15) is 5.56 Å². The summed E-state index contributed by atoms with van der Waals surface area (Å²) in [5.74, 6) is -0.562. The third-order valence-corrected chi connectivity index (χ3v) is 6.16. The normalized spacial score (nSPS) is 10.8. The minimum atomic E-state index is -0.562. The predicted octanol–water partition coefficient (Wildman–Crippen LogP) is 7.08. The van der Waals surface area contributed by atoms with Gasteiger partial charge >= 0.3 is 0 Å². The summed E-state index contributed by atoms with van der Waals surface area (Å²) in [5.41, 5.74) is 2.67. The van der Waals surface area contributed by atoms with Gasteiger partial charge in [0.2, 0.25) is 0 Å². The van der Waals surface area contributed by atoms with E-state index in [9.17, 15) is 9.59 Å². The molecule has 0 bridgehead atoms. The number of hydrogen-bond acceptors (Lipinski definition) is 2. The monoisotopic (exact) mass is 496 g/mol. The van der Waals surface area contributed by atoms with Crippen molar-refractivity contribution >= 4 is 46.4 Å². The van der Waals surface area contributed by atoms with E-state index in [4.69, 9.17) is 34.8 Å². The lowest BCUT2D eigenvalue weighted by molar-refractivity contribution is 0.102. The van der Waals surface area contributed by atoms with Crippen LogP contribution in [0.3, 0.4) is 0 Å². The van der Waals surface area contributed by atoms with Gasteiger partial charge in [0.15, 0.2) is 5.43 Å². The standard InChI is InChI=1S/C26H19Cl3N2O2/c1-16-14-23(32)24(26(33)30-22-9-5-4-8-21(22)29)25(19-6-2-3-7-20(19)28)31(16)15-17-10-12-18(27)13-11-17/h2-14H,15H2,1H3,(H,30,33). The van der Waals surface area contributed by atoms with E-state index in [1.807, 2.05) is 29.7 Å². The fourth-order valence-corrected chi connectivity index (χ4v) is 4.18. The van der Waals surface area contributed by atoms with E-state index < -0.39 is 11.3 Å². The Morgan fingerprint density at radius 2 is 1.52 bits per heavy atom. The first kappa shape index (κ1) is 23.1. The summed E-state index contributed by atoms with van der Waals surface area (Å²) in [7, 11) is 0. The number of aryl methyl sites for hydroxylation is 1. The summed E-state index contributed by atoms with van der Waals surface area (Å²) in [6.07, 6.45) is 0. The molecule has 0 unspecified atom stereocenters. The third-order valence-electron chi connectivity index (χ3n) is 5.25. The molecule has 7 heteroatoms. The van der Waals surface area contributed by atoms with Gasteiger partial charge in [0.25, 0.3) is 5.91 Å². The predicted molar refractivity (Wildman–Crippen MR) is 136 cm³/mol. The first-order valence-corrected chi connectivity index (χ1v) is 11.3. The lowest BCUT2D eigenvalue weighted by Crippen LogP contribution is -2.27. The van der Waals surface area contributed by atoms with Crippen molar-refractivity contribution in [1.82, 2.24) is 4.57 Å². The Morgan fingerprint density at radius 1 is 0.879 bits per heavy atom. The zero-order valence-electron chi connectivity index (χ0n) is 17.6. The zero-order chi connectivity index (χ0) is 23.5. The number of rotatable bonds is 5. The van der Waals surface area contributed by atoms with Crippen LogP contribution in [0, 0.1) is 6.92 Å². The van der Waals surface area contributed by atoms with Gasteiger partial charge in [0.05, 0.1) is 16.4 Å². The number of benzene rings is 3. The van der Waals surface area contributed by atoms with Gasteiger partial charge in [0, 0.05) is 33.9 Å². The van der Waals surface area contributed by atoms with Gasteiger partial charge in [-0.15, -0.1) is 0 Å². The Kier molecular flexibility index (Phi) is 6.89. The van der Waals surface area contributed by atoms with E-state index in [1.165, 1.54) is 6.07 Å². The quantitative estimate of drug-likeness (QED) is 0.320. The number of amides is 1. The van der Waals surface area contributed by atoms with Gasteiger partial charge in [-0.05, 0) is 42.8 Å². The van der Waals surface area contributed by atoms with Crippen LogP contribution in [-0.4, -0.2) is 10.5 Å². The molecule has 4 rings (SSSR count). The average molecular weight is 498 g/mol. The van der Waals surface area contributed by atoms with Crippen molar-refractivity contribution in [1.29, 1.82) is 0 Å². The number of carbonyl (C=O) groups is 1. The van der Waals surface area contributed by atoms with Gasteiger partial charge in [-0.1, -0.05) is 77.3 Å². The molecule has 0 aliphatic carbocycles. The van der Waals surface area contributed by atoms with E-state index in [-0.39, 0.29) is 5.56 Å². The molecular formula is C26H19Cl3N2O2. The van der Waals surface area contributed by atoms with E-state index in [0.717, 1.165) is 5.56 Å². The lowest BCUT2D eigenvalue weighted by atomic mass is 10.0. The number of nitrogens with zero attached hydrogens (tertiary/aromatic N) is 1. The van der Waals surface area contributed by atoms with Crippen molar-refractivity contribution in [3.8, 4) is 11.3 Å². The molecule has 0 fully saturated rings. The van der Waals surface area contributed by atoms with Crippen LogP contribution in [-0.2, 0) is 6.54 Å². The molecule has 4 nitrogen and oxygen atoms in total. The van der Waals surface area contributed by atoms with Crippen LogP contribution in [0.2, 0.25) is 15.1 Å². The molecule has 0 aliphatic heterocycles. The topological polar surface area (TPSA) is 51.1 Å². The van der Waals surface area contributed by atoms with E-state index in [2.05, 4.69) is 5.32 Å². The highest BCUT2D eigenvalue weighted by molar-refractivity contribution is 6.34. The number of para-hydroxylation sites is 1. The smallest absolute Gasteiger partial charge is 0.261 e. The molecule has 0 spiro atoms. The van der Waals surface area contributed by atoms with Crippen molar-refractivity contribution in [3.63, 3.8) is 0 Å². The number of anilines is 1. The van der Waals surface area contributed by atoms with E-state index in [1.54, 1.807) is 54.6 Å². The highest BCUT2D eigenvalue weighted by atomic mass is 35.5. The molecule has 166 valence electrons. The molecule has 1 heterocycles. The average Bonchev–Trinajstić information content (AvgIpc) is 2.78. The molecule has 1 aromatic heterocycles. The summed E-state index contributed by atoms with van der Waals surface area (Å²) < 4.78 is 1.91. The molecule has 0 aliphatic rings. The fourth-order valence-electron chi connectivity index (χ4n) is 3.64. The van der Waals surface area contributed by atoms with Crippen LogP contribution >= 0.6 is 34.8 Å². The largest absolute Gasteiger partial charge is 0.340 e. The Morgan fingerprint density at radius 3 is 2.18 bits per heavy atom. The fraction of sp³-hybridized carbons (Fsp3) is 0.0769. The number of carbonyl (C=O) groups excluding carboxylic acids is 1. The van der Waals surface area contributed by atoms with E-state index >= 15 is 0 Å². The number of pyridine rings is 1.